The molecule has 0 bridgehead atoms. The van der Waals surface area contributed by atoms with E-state index in [-0.39, 0.29) is 0 Å². The molecule has 5 heteroatoms. The zero-order valence-corrected chi connectivity index (χ0v) is 13.2. The van der Waals surface area contributed by atoms with Gasteiger partial charge < -0.3 is 14.3 Å². The third kappa shape index (κ3) is 2.73. The molecule has 0 spiro atoms. The molecule has 1 aromatic heterocycles. The van der Waals surface area contributed by atoms with Crippen molar-refractivity contribution >= 4 is 31.9 Å². The predicted octanol–water partition coefficient (Wildman–Crippen LogP) is 4.02. The minimum absolute atomic E-state index is 0.474. The van der Waals surface area contributed by atoms with E-state index in [1.54, 1.807) is 12.1 Å². The van der Waals surface area contributed by atoms with Crippen LogP contribution < -0.4 is 4.74 Å². The quantitative estimate of drug-likeness (QED) is 0.864. The van der Waals surface area contributed by atoms with E-state index in [4.69, 9.17) is 9.15 Å². The summed E-state index contributed by atoms with van der Waals surface area (Å²) in [6, 6.07) is 7.61. The lowest BCUT2D eigenvalue weighted by Crippen LogP contribution is -2.02. The van der Waals surface area contributed by atoms with Gasteiger partial charge in [0.1, 0.15) is 17.6 Å². The van der Waals surface area contributed by atoms with Gasteiger partial charge in [-0.1, -0.05) is 15.9 Å². The molecule has 0 aliphatic carbocycles. The second kappa shape index (κ2) is 5.31. The van der Waals surface area contributed by atoms with Gasteiger partial charge in [0.05, 0.1) is 6.61 Å². The number of rotatable bonds is 3. The first-order valence-corrected chi connectivity index (χ1v) is 7.59. The van der Waals surface area contributed by atoms with Crippen LogP contribution in [0.25, 0.3) is 0 Å². The van der Waals surface area contributed by atoms with Crippen LogP contribution in [-0.4, -0.2) is 11.7 Å². The van der Waals surface area contributed by atoms with Gasteiger partial charge in [0.15, 0.2) is 4.67 Å². The van der Waals surface area contributed by atoms with Crippen LogP contribution in [0.1, 0.15) is 23.0 Å². The van der Waals surface area contributed by atoms with Crippen LogP contribution in [0.15, 0.2) is 37.8 Å². The Balaban J connectivity index is 1.87. The van der Waals surface area contributed by atoms with Crippen molar-refractivity contribution < 1.29 is 14.3 Å². The molecule has 1 atom stereocenters. The molecule has 0 saturated carbocycles. The predicted molar refractivity (Wildman–Crippen MR) is 78.4 cm³/mol. The van der Waals surface area contributed by atoms with Crippen molar-refractivity contribution in [2.24, 2.45) is 0 Å². The second-order valence-electron chi connectivity index (χ2n) is 4.51. The summed E-state index contributed by atoms with van der Waals surface area (Å²) in [4.78, 5) is 0. The van der Waals surface area contributed by atoms with Crippen LogP contribution in [0.3, 0.4) is 0 Å². The van der Waals surface area contributed by atoms with Crippen LogP contribution in [0.5, 0.6) is 5.75 Å². The van der Waals surface area contributed by atoms with Crippen LogP contribution in [0.2, 0.25) is 0 Å². The van der Waals surface area contributed by atoms with E-state index in [2.05, 4.69) is 37.9 Å². The van der Waals surface area contributed by atoms with Gasteiger partial charge >= 0.3 is 0 Å². The number of benzene rings is 1. The molecule has 3 nitrogen and oxygen atoms in total. The molecule has 1 unspecified atom stereocenters. The van der Waals surface area contributed by atoms with E-state index in [1.807, 2.05) is 6.07 Å². The maximum absolute atomic E-state index is 10.2. The van der Waals surface area contributed by atoms with Gasteiger partial charge in [0.2, 0.25) is 0 Å². The van der Waals surface area contributed by atoms with Gasteiger partial charge in [-0.2, -0.15) is 0 Å². The molecule has 100 valence electrons. The lowest BCUT2D eigenvalue weighted by Gasteiger charge is -2.12. The summed E-state index contributed by atoms with van der Waals surface area (Å²) in [5.41, 5.74) is 2.19. The number of hydrogen-bond acceptors (Lipinski definition) is 3. The molecular weight excluding hydrogens is 376 g/mol. The average Bonchev–Trinajstić information content (AvgIpc) is 2.97. The van der Waals surface area contributed by atoms with Crippen LogP contribution in [0, 0.1) is 0 Å². The lowest BCUT2D eigenvalue weighted by molar-refractivity contribution is 0.147. The van der Waals surface area contributed by atoms with Crippen molar-refractivity contribution in [1.82, 2.24) is 0 Å². The van der Waals surface area contributed by atoms with Crippen molar-refractivity contribution in [3.05, 3.63) is 50.3 Å². The summed E-state index contributed by atoms with van der Waals surface area (Å²) in [6.45, 7) is 0.710. The van der Waals surface area contributed by atoms with Gasteiger partial charge in [0, 0.05) is 17.3 Å². The molecule has 0 fully saturated rings. The Hall–Kier alpha value is -0.780. The summed E-state index contributed by atoms with van der Waals surface area (Å²) in [5, 5.41) is 10.2. The molecule has 0 saturated heterocycles. The Bertz CT molecular complexity index is 607. The fourth-order valence-electron chi connectivity index (χ4n) is 2.31. The SMILES string of the molecule is OC(Cc1cc(Br)cc2c1OCC2)c1ccc(Br)o1. The number of hydrogen-bond donors (Lipinski definition) is 1. The smallest absolute Gasteiger partial charge is 0.169 e. The molecule has 3 rings (SSSR count). The first-order chi connectivity index (χ1) is 9.13. The summed E-state index contributed by atoms with van der Waals surface area (Å²) in [6.07, 6.45) is 0.722. The van der Waals surface area contributed by atoms with Crippen molar-refractivity contribution in [3.8, 4) is 5.75 Å². The Labute approximate surface area is 127 Å². The van der Waals surface area contributed by atoms with E-state index < -0.39 is 6.10 Å². The number of aliphatic hydroxyl groups is 1. The third-order valence-electron chi connectivity index (χ3n) is 3.16. The molecule has 2 heterocycles. The average molecular weight is 388 g/mol. The fraction of sp³-hybridized carbons (Fsp3) is 0.286. The maximum atomic E-state index is 10.2. The monoisotopic (exact) mass is 386 g/mol. The zero-order chi connectivity index (χ0) is 13.4. The highest BCUT2D eigenvalue weighted by atomic mass is 79.9. The molecule has 19 heavy (non-hydrogen) atoms. The van der Waals surface area contributed by atoms with Gasteiger partial charge in [-0.15, -0.1) is 0 Å². The molecule has 1 N–H and O–H groups in total. The summed E-state index contributed by atoms with van der Waals surface area (Å²) < 4.78 is 12.7. The minimum atomic E-state index is -0.672. The Morgan fingerprint density at radius 3 is 2.84 bits per heavy atom. The summed E-state index contributed by atoms with van der Waals surface area (Å²) >= 11 is 6.74. The molecule has 0 radical (unpaired) electrons. The van der Waals surface area contributed by atoms with Gasteiger partial charge in [-0.3, -0.25) is 0 Å². The van der Waals surface area contributed by atoms with Gasteiger partial charge in [-0.05, 0) is 51.3 Å². The highest BCUT2D eigenvalue weighted by molar-refractivity contribution is 9.10. The zero-order valence-electron chi connectivity index (χ0n) is 10.0. The third-order valence-corrected chi connectivity index (χ3v) is 4.05. The van der Waals surface area contributed by atoms with Gasteiger partial charge in [0.25, 0.3) is 0 Å². The molecule has 2 aromatic rings. The van der Waals surface area contributed by atoms with Crippen molar-refractivity contribution in [2.75, 3.05) is 6.61 Å². The van der Waals surface area contributed by atoms with E-state index in [9.17, 15) is 5.11 Å². The second-order valence-corrected chi connectivity index (χ2v) is 6.21. The largest absolute Gasteiger partial charge is 0.493 e. The maximum Gasteiger partial charge on any atom is 0.169 e. The van der Waals surface area contributed by atoms with Crippen molar-refractivity contribution in [3.63, 3.8) is 0 Å². The fourth-order valence-corrected chi connectivity index (χ4v) is 3.19. The van der Waals surface area contributed by atoms with Crippen molar-refractivity contribution in [1.29, 1.82) is 0 Å². The molecule has 1 aromatic carbocycles. The number of fused-ring (bicyclic) bond motifs is 1. The van der Waals surface area contributed by atoms with E-state index in [0.717, 1.165) is 22.2 Å². The van der Waals surface area contributed by atoms with E-state index in [1.165, 1.54) is 5.56 Å². The van der Waals surface area contributed by atoms with Crippen LogP contribution >= 0.6 is 31.9 Å². The van der Waals surface area contributed by atoms with E-state index in [0.29, 0.717) is 23.5 Å². The van der Waals surface area contributed by atoms with Crippen molar-refractivity contribution in [2.45, 2.75) is 18.9 Å². The Morgan fingerprint density at radius 2 is 2.11 bits per heavy atom. The molecular formula is C14H12Br2O3. The Morgan fingerprint density at radius 1 is 1.26 bits per heavy atom. The molecule has 0 amide bonds. The van der Waals surface area contributed by atoms with Crippen LogP contribution in [-0.2, 0) is 12.8 Å². The number of aliphatic hydroxyl groups excluding tert-OH is 1. The standard InChI is InChI=1S/C14H12Br2O3/c15-10-5-8-3-4-18-14(8)9(6-10)7-11(17)12-1-2-13(16)19-12/h1-2,5-6,11,17H,3-4,7H2. The number of ether oxygens (including phenoxy) is 1. The highest BCUT2D eigenvalue weighted by Crippen LogP contribution is 2.35. The molecule has 1 aliphatic heterocycles. The lowest BCUT2D eigenvalue weighted by atomic mass is 10.0. The minimum Gasteiger partial charge on any atom is -0.493 e. The number of furan rings is 1. The normalized spacial score (nSPS) is 15.1. The van der Waals surface area contributed by atoms with E-state index >= 15 is 0 Å². The molecule has 1 aliphatic rings. The first kappa shape index (κ1) is 13.2. The Kier molecular flexibility index (Phi) is 3.69. The van der Waals surface area contributed by atoms with Gasteiger partial charge in [-0.25, -0.2) is 0 Å². The van der Waals surface area contributed by atoms with Crippen LogP contribution in [0.4, 0.5) is 0 Å². The highest BCUT2D eigenvalue weighted by Gasteiger charge is 2.21. The topological polar surface area (TPSA) is 42.6 Å². The first-order valence-electron chi connectivity index (χ1n) is 6.01. The summed E-state index contributed by atoms with van der Waals surface area (Å²) in [7, 11) is 0. The summed E-state index contributed by atoms with van der Waals surface area (Å²) in [5.74, 6) is 1.46. The number of halogens is 2.